The summed E-state index contributed by atoms with van der Waals surface area (Å²) < 4.78 is 4.62. The van der Waals surface area contributed by atoms with Gasteiger partial charge in [-0.15, -0.1) is 0 Å². The molecule has 0 unspecified atom stereocenters. The molecule has 1 rings (SSSR count). The molecule has 92 valence electrons. The van der Waals surface area contributed by atoms with E-state index in [9.17, 15) is 4.79 Å². The predicted octanol–water partition coefficient (Wildman–Crippen LogP) is 2.13. The molecule has 0 aromatic heterocycles. The van der Waals surface area contributed by atoms with Crippen molar-refractivity contribution in [3.05, 3.63) is 35.4 Å². The Balaban J connectivity index is 2.62. The van der Waals surface area contributed by atoms with Gasteiger partial charge in [-0.2, -0.15) is 0 Å². The van der Waals surface area contributed by atoms with Crippen LogP contribution in [-0.4, -0.2) is 18.9 Å². The van der Waals surface area contributed by atoms with E-state index in [2.05, 4.69) is 16.7 Å². The van der Waals surface area contributed by atoms with Crippen molar-refractivity contribution in [1.82, 2.24) is 0 Å². The number of amidine groups is 1. The molecule has 1 aromatic rings. The van der Waals surface area contributed by atoms with E-state index in [4.69, 9.17) is 5.73 Å². The minimum atomic E-state index is -0.328. The SMILES string of the molecule is CCCC(N)=NCc1ccc(C(=O)OC)cc1. The van der Waals surface area contributed by atoms with Crippen molar-refractivity contribution in [1.29, 1.82) is 0 Å². The van der Waals surface area contributed by atoms with Crippen LogP contribution in [0.4, 0.5) is 0 Å². The third-order valence-corrected chi connectivity index (χ3v) is 2.35. The van der Waals surface area contributed by atoms with Gasteiger partial charge in [-0.1, -0.05) is 19.1 Å². The Bertz CT molecular complexity index is 396. The monoisotopic (exact) mass is 234 g/mol. The molecule has 0 aliphatic carbocycles. The number of nitrogens with zero attached hydrogens (tertiary/aromatic N) is 1. The van der Waals surface area contributed by atoms with E-state index in [0.717, 1.165) is 18.4 Å². The fraction of sp³-hybridized carbons (Fsp3) is 0.385. The third kappa shape index (κ3) is 4.26. The number of nitrogens with two attached hydrogens (primary N) is 1. The van der Waals surface area contributed by atoms with Gasteiger partial charge in [0.25, 0.3) is 0 Å². The number of carbonyl (C=O) groups is 1. The summed E-state index contributed by atoms with van der Waals surface area (Å²) in [6.45, 7) is 2.61. The maximum absolute atomic E-state index is 11.2. The van der Waals surface area contributed by atoms with Crippen LogP contribution in [0.15, 0.2) is 29.3 Å². The quantitative estimate of drug-likeness (QED) is 0.482. The molecule has 0 bridgehead atoms. The highest BCUT2D eigenvalue weighted by Crippen LogP contribution is 2.07. The molecular weight excluding hydrogens is 216 g/mol. The Morgan fingerprint density at radius 3 is 2.53 bits per heavy atom. The van der Waals surface area contributed by atoms with Crippen LogP contribution in [0, 0.1) is 0 Å². The molecule has 1 aromatic carbocycles. The maximum atomic E-state index is 11.2. The fourth-order valence-corrected chi connectivity index (χ4v) is 1.39. The van der Waals surface area contributed by atoms with Gasteiger partial charge >= 0.3 is 5.97 Å². The number of carbonyl (C=O) groups excluding carboxylic acids is 1. The Hall–Kier alpha value is -1.84. The summed E-state index contributed by atoms with van der Waals surface area (Å²) in [6.07, 6.45) is 1.82. The summed E-state index contributed by atoms with van der Waals surface area (Å²) in [4.78, 5) is 15.5. The lowest BCUT2D eigenvalue weighted by atomic mass is 10.1. The first kappa shape index (κ1) is 13.2. The van der Waals surface area contributed by atoms with Crippen LogP contribution in [0.1, 0.15) is 35.7 Å². The molecule has 0 spiro atoms. The first-order valence-corrected chi connectivity index (χ1v) is 5.63. The van der Waals surface area contributed by atoms with Crippen molar-refractivity contribution in [2.75, 3.05) is 7.11 Å². The average molecular weight is 234 g/mol. The first-order chi connectivity index (χ1) is 8.17. The van der Waals surface area contributed by atoms with Crippen molar-refractivity contribution < 1.29 is 9.53 Å². The molecule has 0 radical (unpaired) electrons. The van der Waals surface area contributed by atoms with Crippen LogP contribution in [0.25, 0.3) is 0 Å². The Morgan fingerprint density at radius 1 is 1.35 bits per heavy atom. The summed E-state index contributed by atoms with van der Waals surface area (Å²) >= 11 is 0. The molecule has 0 saturated carbocycles. The van der Waals surface area contributed by atoms with Gasteiger partial charge < -0.3 is 10.5 Å². The second-order valence-corrected chi connectivity index (χ2v) is 3.75. The van der Waals surface area contributed by atoms with Gasteiger partial charge in [0.05, 0.1) is 25.1 Å². The number of aliphatic imine (C=N–C) groups is 1. The van der Waals surface area contributed by atoms with E-state index < -0.39 is 0 Å². The van der Waals surface area contributed by atoms with Crippen LogP contribution in [0.5, 0.6) is 0 Å². The standard InChI is InChI=1S/C13H18N2O2/c1-3-4-12(14)15-9-10-5-7-11(8-6-10)13(16)17-2/h5-8H,3-4,9H2,1-2H3,(H2,14,15). The lowest BCUT2D eigenvalue weighted by molar-refractivity contribution is 0.0600. The maximum Gasteiger partial charge on any atom is 0.337 e. The zero-order valence-electron chi connectivity index (χ0n) is 10.3. The zero-order valence-corrected chi connectivity index (χ0v) is 10.3. The van der Waals surface area contributed by atoms with E-state index in [0.29, 0.717) is 17.9 Å². The van der Waals surface area contributed by atoms with E-state index in [-0.39, 0.29) is 5.97 Å². The van der Waals surface area contributed by atoms with E-state index in [1.54, 1.807) is 12.1 Å². The summed E-state index contributed by atoms with van der Waals surface area (Å²) in [5.41, 5.74) is 7.28. The van der Waals surface area contributed by atoms with Crippen LogP contribution in [-0.2, 0) is 11.3 Å². The predicted molar refractivity (Wildman–Crippen MR) is 68.0 cm³/mol. The van der Waals surface area contributed by atoms with E-state index in [1.807, 2.05) is 12.1 Å². The number of ether oxygens (including phenoxy) is 1. The van der Waals surface area contributed by atoms with Crippen LogP contribution < -0.4 is 5.73 Å². The second-order valence-electron chi connectivity index (χ2n) is 3.75. The summed E-state index contributed by atoms with van der Waals surface area (Å²) in [5, 5.41) is 0. The van der Waals surface area contributed by atoms with Gasteiger partial charge in [0, 0.05) is 6.42 Å². The number of benzene rings is 1. The van der Waals surface area contributed by atoms with Crippen molar-refractivity contribution >= 4 is 11.8 Å². The first-order valence-electron chi connectivity index (χ1n) is 5.63. The smallest absolute Gasteiger partial charge is 0.337 e. The summed E-state index contributed by atoms with van der Waals surface area (Å²) in [6, 6.07) is 7.17. The Labute approximate surface area is 101 Å². The third-order valence-electron chi connectivity index (χ3n) is 2.35. The molecule has 17 heavy (non-hydrogen) atoms. The lowest BCUT2D eigenvalue weighted by Crippen LogP contribution is -2.11. The number of hydrogen-bond acceptors (Lipinski definition) is 3. The zero-order chi connectivity index (χ0) is 12.7. The van der Waals surface area contributed by atoms with Crippen LogP contribution in [0.3, 0.4) is 0 Å². The summed E-state index contributed by atoms with van der Waals surface area (Å²) in [7, 11) is 1.37. The molecule has 4 heteroatoms. The van der Waals surface area contributed by atoms with Crippen molar-refractivity contribution in [3.63, 3.8) is 0 Å². The van der Waals surface area contributed by atoms with E-state index >= 15 is 0 Å². The molecule has 0 fully saturated rings. The second kappa shape index (κ2) is 6.68. The number of esters is 1. The number of hydrogen-bond donors (Lipinski definition) is 1. The van der Waals surface area contributed by atoms with Gasteiger partial charge in [0.2, 0.25) is 0 Å². The van der Waals surface area contributed by atoms with Gasteiger partial charge in [-0.3, -0.25) is 4.99 Å². The van der Waals surface area contributed by atoms with Crippen LogP contribution >= 0.6 is 0 Å². The highest BCUT2D eigenvalue weighted by Gasteiger charge is 2.03. The molecular formula is C13H18N2O2. The largest absolute Gasteiger partial charge is 0.465 e. The molecule has 0 aliphatic rings. The minimum Gasteiger partial charge on any atom is -0.465 e. The van der Waals surface area contributed by atoms with Gasteiger partial charge in [-0.05, 0) is 24.1 Å². The minimum absolute atomic E-state index is 0.328. The van der Waals surface area contributed by atoms with Gasteiger partial charge in [0.15, 0.2) is 0 Å². The molecule has 0 atom stereocenters. The topological polar surface area (TPSA) is 64.7 Å². The van der Waals surface area contributed by atoms with E-state index in [1.165, 1.54) is 7.11 Å². The Morgan fingerprint density at radius 2 is 2.00 bits per heavy atom. The van der Waals surface area contributed by atoms with Crippen molar-refractivity contribution in [2.24, 2.45) is 10.7 Å². The molecule has 0 heterocycles. The number of methoxy groups -OCH3 is 1. The molecule has 0 saturated heterocycles. The normalized spacial score (nSPS) is 11.3. The number of rotatable bonds is 5. The average Bonchev–Trinajstić information content (AvgIpc) is 2.36. The summed E-state index contributed by atoms with van der Waals surface area (Å²) in [5.74, 6) is 0.343. The van der Waals surface area contributed by atoms with Gasteiger partial charge in [0.1, 0.15) is 0 Å². The van der Waals surface area contributed by atoms with Crippen molar-refractivity contribution in [3.8, 4) is 0 Å². The molecule has 2 N–H and O–H groups in total. The van der Waals surface area contributed by atoms with Crippen LogP contribution in [0.2, 0.25) is 0 Å². The highest BCUT2D eigenvalue weighted by molar-refractivity contribution is 5.89. The molecule has 4 nitrogen and oxygen atoms in total. The highest BCUT2D eigenvalue weighted by atomic mass is 16.5. The fourth-order valence-electron chi connectivity index (χ4n) is 1.39. The molecule has 0 aliphatic heterocycles. The van der Waals surface area contributed by atoms with Crippen molar-refractivity contribution in [2.45, 2.75) is 26.3 Å². The van der Waals surface area contributed by atoms with Gasteiger partial charge in [-0.25, -0.2) is 4.79 Å². The Kier molecular flexibility index (Phi) is 5.20. The molecule has 0 amide bonds. The lowest BCUT2D eigenvalue weighted by Gasteiger charge is -2.02.